The Morgan fingerprint density at radius 2 is 2.00 bits per heavy atom. The van der Waals surface area contributed by atoms with Gasteiger partial charge in [-0.1, -0.05) is 0 Å². The van der Waals surface area contributed by atoms with E-state index in [-0.39, 0.29) is 6.97 Å². The molecule has 0 spiro atoms. The van der Waals surface area contributed by atoms with E-state index in [0.717, 1.165) is 25.7 Å². The summed E-state index contributed by atoms with van der Waals surface area (Å²) in [6.45, 7) is 6.00. The fourth-order valence-corrected chi connectivity index (χ4v) is 2.71. The molecule has 0 unspecified atom stereocenters. The first-order valence-corrected chi connectivity index (χ1v) is 8.03. The summed E-state index contributed by atoms with van der Waals surface area (Å²) in [5, 5.41) is 6.56. The van der Waals surface area contributed by atoms with Crippen molar-refractivity contribution < 1.29 is 11.0 Å². The number of methoxy groups -OCH3 is 1. The van der Waals surface area contributed by atoms with Gasteiger partial charge in [-0.25, -0.2) is 4.98 Å². The SMILES string of the molecule is COC1CCC(Nc2ncc(C(N)=O)c(NC(C)(C)C)n2)CC1.[HH]. The van der Waals surface area contributed by atoms with Crippen LogP contribution in [0.3, 0.4) is 0 Å². The van der Waals surface area contributed by atoms with Gasteiger partial charge in [0.05, 0.1) is 11.7 Å². The largest absolute Gasteiger partial charge is 0.381 e. The summed E-state index contributed by atoms with van der Waals surface area (Å²) >= 11 is 0. The fraction of sp³-hybridized carbons (Fsp3) is 0.688. The monoisotopic (exact) mass is 323 g/mol. The second-order valence-electron chi connectivity index (χ2n) is 7.05. The van der Waals surface area contributed by atoms with Crippen LogP contribution < -0.4 is 16.4 Å². The number of primary amides is 1. The van der Waals surface area contributed by atoms with Crippen molar-refractivity contribution in [2.24, 2.45) is 5.73 Å². The topological polar surface area (TPSA) is 102 Å². The van der Waals surface area contributed by atoms with E-state index in [4.69, 9.17) is 10.5 Å². The Kier molecular flexibility index (Phi) is 5.41. The molecule has 1 heterocycles. The predicted molar refractivity (Wildman–Crippen MR) is 92.7 cm³/mol. The highest BCUT2D eigenvalue weighted by molar-refractivity contribution is 5.97. The second-order valence-corrected chi connectivity index (χ2v) is 7.05. The summed E-state index contributed by atoms with van der Waals surface area (Å²) in [5.41, 5.74) is 5.47. The fourth-order valence-electron chi connectivity index (χ4n) is 2.71. The smallest absolute Gasteiger partial charge is 0.254 e. The van der Waals surface area contributed by atoms with E-state index in [2.05, 4.69) is 20.6 Å². The number of ether oxygens (including phenoxy) is 1. The first kappa shape index (κ1) is 17.5. The van der Waals surface area contributed by atoms with E-state index in [1.54, 1.807) is 7.11 Å². The molecule has 1 amide bonds. The lowest BCUT2D eigenvalue weighted by Gasteiger charge is -2.28. The predicted octanol–water partition coefficient (Wildman–Crippen LogP) is 2.40. The third kappa shape index (κ3) is 5.06. The molecule has 0 atom stereocenters. The minimum Gasteiger partial charge on any atom is -0.381 e. The number of carbonyl (C=O) groups excluding carboxylic acids is 1. The first-order valence-electron chi connectivity index (χ1n) is 8.03. The quantitative estimate of drug-likeness (QED) is 0.769. The van der Waals surface area contributed by atoms with E-state index in [1.165, 1.54) is 6.20 Å². The van der Waals surface area contributed by atoms with Crippen molar-refractivity contribution in [1.82, 2.24) is 9.97 Å². The zero-order chi connectivity index (χ0) is 17.0. The number of nitrogens with one attached hydrogen (secondary N) is 2. The van der Waals surface area contributed by atoms with Gasteiger partial charge in [-0.15, -0.1) is 0 Å². The minimum atomic E-state index is -0.538. The molecule has 4 N–H and O–H groups in total. The zero-order valence-electron chi connectivity index (χ0n) is 14.3. The average molecular weight is 323 g/mol. The molecule has 0 radical (unpaired) electrons. The van der Waals surface area contributed by atoms with Crippen LogP contribution in [0.1, 0.15) is 58.2 Å². The molecule has 1 aromatic rings. The second kappa shape index (κ2) is 7.12. The molecule has 0 aliphatic heterocycles. The van der Waals surface area contributed by atoms with Crippen LogP contribution in [0.25, 0.3) is 0 Å². The molecule has 1 aliphatic carbocycles. The molecular weight excluding hydrogens is 294 g/mol. The van der Waals surface area contributed by atoms with Crippen LogP contribution in [0.4, 0.5) is 11.8 Å². The number of rotatable bonds is 5. The van der Waals surface area contributed by atoms with E-state index in [9.17, 15) is 4.79 Å². The van der Waals surface area contributed by atoms with Crippen molar-refractivity contribution >= 4 is 17.7 Å². The number of anilines is 2. The summed E-state index contributed by atoms with van der Waals surface area (Å²) in [5.74, 6) is 0.444. The normalized spacial score (nSPS) is 21.7. The lowest BCUT2D eigenvalue weighted by Crippen LogP contribution is -2.31. The molecule has 1 saturated carbocycles. The number of hydrogen-bond acceptors (Lipinski definition) is 6. The van der Waals surface area contributed by atoms with Crippen LogP contribution in [-0.2, 0) is 4.74 Å². The summed E-state index contributed by atoms with van der Waals surface area (Å²) in [7, 11) is 1.76. The van der Waals surface area contributed by atoms with Crippen molar-refractivity contribution in [3.63, 3.8) is 0 Å². The van der Waals surface area contributed by atoms with Crippen LogP contribution in [-0.4, -0.2) is 40.7 Å². The number of nitrogens with zero attached hydrogens (tertiary/aromatic N) is 2. The molecule has 0 saturated heterocycles. The summed E-state index contributed by atoms with van der Waals surface area (Å²) in [4.78, 5) is 20.2. The van der Waals surface area contributed by atoms with Gasteiger partial charge < -0.3 is 21.1 Å². The Morgan fingerprint density at radius 3 is 2.52 bits per heavy atom. The van der Waals surface area contributed by atoms with Gasteiger partial charge in [-0.3, -0.25) is 4.79 Å². The number of nitrogens with two attached hydrogens (primary N) is 1. The molecule has 1 aromatic heterocycles. The number of carbonyl (C=O) groups is 1. The molecule has 130 valence electrons. The van der Waals surface area contributed by atoms with Gasteiger partial charge in [0.1, 0.15) is 5.82 Å². The van der Waals surface area contributed by atoms with Gasteiger partial charge in [-0.2, -0.15) is 4.98 Å². The molecule has 7 nitrogen and oxygen atoms in total. The van der Waals surface area contributed by atoms with Gasteiger partial charge in [0.15, 0.2) is 0 Å². The highest BCUT2D eigenvalue weighted by Gasteiger charge is 2.22. The Hall–Kier alpha value is -1.89. The van der Waals surface area contributed by atoms with E-state index in [1.807, 2.05) is 20.8 Å². The van der Waals surface area contributed by atoms with Crippen LogP contribution in [0.2, 0.25) is 0 Å². The van der Waals surface area contributed by atoms with Gasteiger partial charge >= 0.3 is 0 Å². The minimum absolute atomic E-state index is 0. The Balaban J connectivity index is 0.00000288. The Labute approximate surface area is 138 Å². The average Bonchev–Trinajstić information content (AvgIpc) is 2.46. The van der Waals surface area contributed by atoms with Gasteiger partial charge in [0.2, 0.25) is 5.95 Å². The van der Waals surface area contributed by atoms with Gasteiger partial charge in [-0.05, 0) is 46.5 Å². The van der Waals surface area contributed by atoms with Crippen molar-refractivity contribution in [3.8, 4) is 0 Å². The molecule has 1 fully saturated rings. The molecule has 2 rings (SSSR count). The van der Waals surface area contributed by atoms with Crippen LogP contribution >= 0.6 is 0 Å². The van der Waals surface area contributed by atoms with E-state index >= 15 is 0 Å². The van der Waals surface area contributed by atoms with Gasteiger partial charge in [0, 0.05) is 26.3 Å². The Morgan fingerprint density at radius 1 is 1.35 bits per heavy atom. The standard InChI is InChI=1S/C16H27N5O2.H2/c1-16(2,3)21-14-12(13(17)22)9-18-15(20-14)19-10-5-7-11(23-4)8-6-10;/h9-11H,5-8H2,1-4H3,(H2,17,22)(H2,18,19,20,21);1H. The van der Waals surface area contributed by atoms with Gasteiger partial charge in [0.25, 0.3) is 5.91 Å². The molecule has 1 aliphatic rings. The lowest BCUT2D eigenvalue weighted by molar-refractivity contribution is 0.0681. The maximum Gasteiger partial charge on any atom is 0.254 e. The van der Waals surface area contributed by atoms with Crippen LogP contribution in [0.15, 0.2) is 6.20 Å². The third-order valence-electron chi connectivity index (χ3n) is 3.89. The maximum absolute atomic E-state index is 11.5. The zero-order valence-corrected chi connectivity index (χ0v) is 14.3. The highest BCUT2D eigenvalue weighted by atomic mass is 16.5. The Bertz CT molecular complexity index is 554. The molecule has 0 bridgehead atoms. The highest BCUT2D eigenvalue weighted by Crippen LogP contribution is 2.24. The van der Waals surface area contributed by atoms with Crippen LogP contribution in [0.5, 0.6) is 0 Å². The summed E-state index contributed by atoms with van der Waals surface area (Å²) < 4.78 is 5.39. The van der Waals surface area contributed by atoms with Crippen molar-refractivity contribution in [3.05, 3.63) is 11.8 Å². The first-order chi connectivity index (χ1) is 10.8. The molecule has 7 heteroatoms. The van der Waals surface area contributed by atoms with Crippen molar-refractivity contribution in [1.29, 1.82) is 0 Å². The van der Waals surface area contributed by atoms with Crippen LogP contribution in [0, 0.1) is 0 Å². The summed E-state index contributed by atoms with van der Waals surface area (Å²) in [6.07, 6.45) is 5.92. The molecule has 0 aromatic carbocycles. The summed E-state index contributed by atoms with van der Waals surface area (Å²) in [6, 6.07) is 0.323. The third-order valence-corrected chi connectivity index (χ3v) is 3.89. The maximum atomic E-state index is 11.5. The molecule has 23 heavy (non-hydrogen) atoms. The van der Waals surface area contributed by atoms with E-state index < -0.39 is 5.91 Å². The lowest BCUT2D eigenvalue weighted by atomic mass is 9.93. The van der Waals surface area contributed by atoms with E-state index in [0.29, 0.717) is 29.5 Å². The molecular formula is C16H29N5O2. The number of hydrogen-bond donors (Lipinski definition) is 3. The number of amides is 1. The van der Waals surface area contributed by atoms with Crippen molar-refractivity contribution in [2.45, 2.75) is 64.1 Å². The van der Waals surface area contributed by atoms with Crippen molar-refractivity contribution in [2.75, 3.05) is 17.7 Å². The number of aromatic nitrogens is 2.